The van der Waals surface area contributed by atoms with E-state index in [1.807, 2.05) is 0 Å². The minimum absolute atomic E-state index is 0.132. The van der Waals surface area contributed by atoms with E-state index in [0.29, 0.717) is 26.1 Å². The summed E-state index contributed by atoms with van der Waals surface area (Å²) in [7, 11) is -3.23. The first-order valence-electron chi connectivity index (χ1n) is 6.93. The number of carbonyl (C=O) groups excluding carboxylic acids is 1. The third kappa shape index (κ3) is 5.98. The number of carbonyl (C=O) groups is 1. The van der Waals surface area contributed by atoms with Crippen molar-refractivity contribution in [2.45, 2.75) is 19.8 Å². The van der Waals surface area contributed by atoms with E-state index < -0.39 is 15.8 Å². The number of aromatic hydroxyl groups is 1. The largest absolute Gasteiger partial charge is 0.508 e. The van der Waals surface area contributed by atoms with E-state index >= 15 is 0 Å². The zero-order valence-corrected chi connectivity index (χ0v) is 13.5. The van der Waals surface area contributed by atoms with Crippen LogP contribution in [0.25, 0.3) is 0 Å². The first-order chi connectivity index (χ1) is 10.2. The summed E-state index contributed by atoms with van der Waals surface area (Å²) in [5.74, 6) is -1.01. The fourth-order valence-electron chi connectivity index (χ4n) is 1.97. The SMILES string of the molecule is CCN(CCCNC(=O)Cc1cc(F)ccc1O)S(C)(=O)=O. The lowest BCUT2D eigenvalue weighted by atomic mass is 10.1. The zero-order chi connectivity index (χ0) is 16.8. The fourth-order valence-corrected chi connectivity index (χ4v) is 2.90. The Labute approximate surface area is 130 Å². The number of phenolic OH excluding ortho intramolecular Hbond substituents is 1. The number of rotatable bonds is 8. The molecule has 0 aliphatic carbocycles. The van der Waals surface area contributed by atoms with Gasteiger partial charge >= 0.3 is 0 Å². The molecule has 0 aliphatic heterocycles. The molecule has 1 aromatic rings. The summed E-state index contributed by atoms with van der Waals surface area (Å²) in [4.78, 5) is 11.7. The molecule has 22 heavy (non-hydrogen) atoms. The van der Waals surface area contributed by atoms with Crippen LogP contribution in [0.3, 0.4) is 0 Å². The lowest BCUT2D eigenvalue weighted by Gasteiger charge is -2.17. The van der Waals surface area contributed by atoms with Gasteiger partial charge in [0.05, 0.1) is 12.7 Å². The van der Waals surface area contributed by atoms with Gasteiger partial charge in [-0.05, 0) is 24.6 Å². The van der Waals surface area contributed by atoms with Gasteiger partial charge < -0.3 is 10.4 Å². The van der Waals surface area contributed by atoms with E-state index in [2.05, 4.69) is 5.32 Å². The predicted molar refractivity (Wildman–Crippen MR) is 81.5 cm³/mol. The maximum atomic E-state index is 13.0. The molecule has 6 nitrogen and oxygen atoms in total. The van der Waals surface area contributed by atoms with Gasteiger partial charge in [-0.3, -0.25) is 4.79 Å². The van der Waals surface area contributed by atoms with Gasteiger partial charge in [-0.15, -0.1) is 0 Å². The molecule has 1 rings (SSSR count). The molecule has 1 aromatic carbocycles. The summed E-state index contributed by atoms with van der Waals surface area (Å²) in [6.45, 7) is 2.75. The summed E-state index contributed by atoms with van der Waals surface area (Å²) >= 11 is 0. The third-order valence-electron chi connectivity index (χ3n) is 3.12. The molecule has 0 aliphatic rings. The predicted octanol–water partition coefficient (Wildman–Crippen LogP) is 0.862. The van der Waals surface area contributed by atoms with Crippen molar-refractivity contribution < 1.29 is 22.7 Å². The quantitative estimate of drug-likeness (QED) is 0.691. The van der Waals surface area contributed by atoms with Crippen molar-refractivity contribution in [3.05, 3.63) is 29.6 Å². The lowest BCUT2D eigenvalue weighted by Crippen LogP contribution is -2.33. The van der Waals surface area contributed by atoms with E-state index in [1.54, 1.807) is 6.92 Å². The molecule has 0 atom stereocenters. The van der Waals surface area contributed by atoms with Crippen LogP contribution < -0.4 is 5.32 Å². The van der Waals surface area contributed by atoms with Gasteiger partial charge in [-0.1, -0.05) is 6.92 Å². The molecule has 0 saturated heterocycles. The van der Waals surface area contributed by atoms with Gasteiger partial charge in [0.1, 0.15) is 11.6 Å². The zero-order valence-electron chi connectivity index (χ0n) is 12.7. The van der Waals surface area contributed by atoms with Crippen LogP contribution in [0.4, 0.5) is 4.39 Å². The molecule has 0 saturated carbocycles. The molecule has 0 heterocycles. The number of sulfonamides is 1. The number of benzene rings is 1. The van der Waals surface area contributed by atoms with Gasteiger partial charge in [-0.2, -0.15) is 0 Å². The van der Waals surface area contributed by atoms with Crippen molar-refractivity contribution in [1.29, 1.82) is 0 Å². The van der Waals surface area contributed by atoms with Crippen LogP contribution in [0, 0.1) is 5.82 Å². The van der Waals surface area contributed by atoms with Crippen LogP contribution in [0.15, 0.2) is 18.2 Å². The topological polar surface area (TPSA) is 86.7 Å². The lowest BCUT2D eigenvalue weighted by molar-refractivity contribution is -0.120. The minimum Gasteiger partial charge on any atom is -0.508 e. The Kier molecular flexibility index (Phi) is 6.76. The molecule has 1 amide bonds. The number of amides is 1. The highest BCUT2D eigenvalue weighted by atomic mass is 32.2. The van der Waals surface area contributed by atoms with E-state index in [4.69, 9.17) is 0 Å². The summed E-state index contributed by atoms with van der Waals surface area (Å²) in [6.07, 6.45) is 1.48. The van der Waals surface area contributed by atoms with Gasteiger partial charge in [0, 0.05) is 25.2 Å². The first kappa shape index (κ1) is 18.4. The maximum absolute atomic E-state index is 13.0. The molecule has 0 bridgehead atoms. The Bertz CT molecular complexity index is 619. The first-order valence-corrected chi connectivity index (χ1v) is 8.78. The fraction of sp³-hybridized carbons (Fsp3) is 0.500. The highest BCUT2D eigenvalue weighted by Gasteiger charge is 2.14. The Morgan fingerprint density at radius 3 is 2.68 bits per heavy atom. The molecule has 2 N–H and O–H groups in total. The van der Waals surface area contributed by atoms with Gasteiger partial charge in [0.25, 0.3) is 0 Å². The maximum Gasteiger partial charge on any atom is 0.224 e. The molecule has 0 radical (unpaired) electrons. The van der Waals surface area contributed by atoms with Crippen LogP contribution in [0.5, 0.6) is 5.75 Å². The van der Waals surface area contributed by atoms with Crippen molar-refractivity contribution in [2.24, 2.45) is 0 Å². The average Bonchev–Trinajstić information content (AvgIpc) is 2.41. The molecule has 8 heteroatoms. The van der Waals surface area contributed by atoms with Gasteiger partial charge in [0.15, 0.2) is 0 Å². The second kappa shape index (κ2) is 8.09. The molecule has 124 valence electrons. The monoisotopic (exact) mass is 332 g/mol. The average molecular weight is 332 g/mol. The van der Waals surface area contributed by atoms with Crippen molar-refractivity contribution in [3.63, 3.8) is 0 Å². The van der Waals surface area contributed by atoms with Crippen LogP contribution in [0.1, 0.15) is 18.9 Å². The van der Waals surface area contributed by atoms with Crippen LogP contribution >= 0.6 is 0 Å². The number of hydrogen-bond donors (Lipinski definition) is 2. The third-order valence-corrected chi connectivity index (χ3v) is 4.50. The second-order valence-corrected chi connectivity index (χ2v) is 6.89. The standard InChI is InChI=1S/C14H21FN2O4S/c1-3-17(22(2,20)21)8-4-7-16-14(19)10-11-9-12(15)5-6-13(11)18/h5-6,9,18H,3-4,7-8,10H2,1-2H3,(H,16,19). The molecular weight excluding hydrogens is 311 g/mol. The van der Waals surface area contributed by atoms with Crippen LogP contribution in [-0.2, 0) is 21.2 Å². The van der Waals surface area contributed by atoms with E-state index in [-0.39, 0.29) is 23.6 Å². The van der Waals surface area contributed by atoms with Crippen molar-refractivity contribution >= 4 is 15.9 Å². The molecule has 0 aromatic heterocycles. The molecule has 0 unspecified atom stereocenters. The van der Waals surface area contributed by atoms with Crippen molar-refractivity contribution in [3.8, 4) is 5.75 Å². The number of halogens is 1. The van der Waals surface area contributed by atoms with E-state index in [1.165, 1.54) is 10.4 Å². The highest BCUT2D eigenvalue weighted by Crippen LogP contribution is 2.18. The smallest absolute Gasteiger partial charge is 0.224 e. The van der Waals surface area contributed by atoms with Gasteiger partial charge in [0.2, 0.25) is 15.9 Å². The Hall–Kier alpha value is -1.67. The Balaban J connectivity index is 2.39. The Morgan fingerprint density at radius 2 is 2.09 bits per heavy atom. The summed E-state index contributed by atoms with van der Waals surface area (Å²) in [5.41, 5.74) is 0.212. The van der Waals surface area contributed by atoms with Gasteiger partial charge in [-0.25, -0.2) is 17.1 Å². The molecular formula is C14H21FN2O4S. The van der Waals surface area contributed by atoms with Crippen LogP contribution in [-0.4, -0.2) is 49.6 Å². The summed E-state index contributed by atoms with van der Waals surface area (Å²) in [6, 6.07) is 3.42. The van der Waals surface area contributed by atoms with Crippen molar-refractivity contribution in [1.82, 2.24) is 9.62 Å². The highest BCUT2D eigenvalue weighted by molar-refractivity contribution is 7.88. The minimum atomic E-state index is -3.23. The normalized spacial score (nSPS) is 11.6. The number of nitrogens with one attached hydrogen (secondary N) is 1. The summed E-state index contributed by atoms with van der Waals surface area (Å²) in [5, 5.41) is 12.1. The van der Waals surface area contributed by atoms with E-state index in [9.17, 15) is 22.7 Å². The van der Waals surface area contributed by atoms with E-state index in [0.717, 1.165) is 18.4 Å². The molecule has 0 spiro atoms. The second-order valence-electron chi connectivity index (χ2n) is 4.91. The summed E-state index contributed by atoms with van der Waals surface area (Å²) < 4.78 is 37.1. The number of nitrogens with zero attached hydrogens (tertiary/aromatic N) is 1. The van der Waals surface area contributed by atoms with Crippen molar-refractivity contribution in [2.75, 3.05) is 25.9 Å². The molecule has 0 fully saturated rings. The van der Waals surface area contributed by atoms with Crippen LogP contribution in [0.2, 0.25) is 0 Å². The number of hydrogen-bond acceptors (Lipinski definition) is 4. The Morgan fingerprint density at radius 1 is 1.41 bits per heavy atom. The number of phenols is 1.